The summed E-state index contributed by atoms with van der Waals surface area (Å²) in [5.41, 5.74) is 0. The van der Waals surface area contributed by atoms with Crippen LogP contribution in [0.5, 0.6) is 5.88 Å². The second-order valence-electron chi connectivity index (χ2n) is 0.959. The molecule has 1 aromatic rings. The number of thiazole rings is 1. The van der Waals surface area contributed by atoms with Crippen molar-refractivity contribution in [3.05, 3.63) is 9.85 Å². The number of aromatic nitrogens is 1. The molecular formula is C6H8ClNOS. The minimum Gasteiger partial charge on any atom is -0.493 e. The van der Waals surface area contributed by atoms with Crippen LogP contribution in [0.3, 0.4) is 0 Å². The predicted molar refractivity (Wildman–Crippen MR) is 45.4 cm³/mol. The lowest BCUT2D eigenvalue weighted by molar-refractivity contribution is 0.457. The quantitative estimate of drug-likeness (QED) is 0.618. The third-order valence-electron chi connectivity index (χ3n) is 0.464. The van der Waals surface area contributed by atoms with Crippen LogP contribution in [0.4, 0.5) is 0 Å². The van der Waals surface area contributed by atoms with E-state index < -0.39 is 0 Å². The van der Waals surface area contributed by atoms with Gasteiger partial charge < -0.3 is 5.11 Å². The molecule has 56 valence electrons. The van der Waals surface area contributed by atoms with E-state index in [0.29, 0.717) is 4.47 Å². The Kier molecular flexibility index (Phi) is 7.68. The van der Waals surface area contributed by atoms with Gasteiger partial charge in [-0.15, -0.1) is 24.2 Å². The molecule has 0 bridgehead atoms. The van der Waals surface area contributed by atoms with E-state index in [1.165, 1.54) is 16.7 Å². The summed E-state index contributed by atoms with van der Waals surface area (Å²) < 4.78 is 0.373. The van der Waals surface area contributed by atoms with Gasteiger partial charge in [0.15, 0.2) is 4.47 Å². The summed E-state index contributed by atoms with van der Waals surface area (Å²) >= 11 is 6.52. The molecule has 1 heterocycles. The Bertz CT molecular complexity index is 180. The Labute approximate surface area is 69.5 Å². The number of halogens is 1. The van der Waals surface area contributed by atoms with Gasteiger partial charge in [-0.25, -0.2) is 0 Å². The average molecular weight is 178 g/mol. The van der Waals surface area contributed by atoms with Crippen LogP contribution in [0.15, 0.2) is 5.38 Å². The first-order valence-corrected chi connectivity index (χ1v) is 3.18. The van der Waals surface area contributed by atoms with E-state index in [2.05, 4.69) is 17.8 Å². The highest BCUT2D eigenvalue weighted by Crippen LogP contribution is 2.18. The second kappa shape index (κ2) is 6.40. The van der Waals surface area contributed by atoms with Crippen LogP contribution in [0, 0.1) is 12.8 Å². The maximum atomic E-state index is 8.47. The maximum absolute atomic E-state index is 8.47. The molecule has 0 aliphatic rings. The molecule has 0 fully saturated rings. The van der Waals surface area contributed by atoms with Crippen LogP contribution in [-0.2, 0) is 0 Å². The van der Waals surface area contributed by atoms with E-state index in [1.54, 1.807) is 0 Å². The van der Waals surface area contributed by atoms with E-state index in [0.717, 1.165) is 0 Å². The highest BCUT2D eigenvalue weighted by atomic mass is 35.5. The SMILES string of the molecule is C.C#C.Oc1csc(Cl)n1. The molecule has 2 nitrogen and oxygen atoms in total. The molecule has 10 heavy (non-hydrogen) atoms. The summed E-state index contributed by atoms with van der Waals surface area (Å²) in [5, 5.41) is 9.94. The molecular weight excluding hydrogens is 170 g/mol. The van der Waals surface area contributed by atoms with Gasteiger partial charge in [-0.05, 0) is 0 Å². The van der Waals surface area contributed by atoms with E-state index in [4.69, 9.17) is 16.7 Å². The molecule has 4 heteroatoms. The molecule has 1 aromatic heterocycles. The van der Waals surface area contributed by atoms with Gasteiger partial charge in [0.25, 0.3) is 0 Å². The predicted octanol–water partition coefficient (Wildman–Crippen LogP) is 2.39. The van der Waals surface area contributed by atoms with Crippen molar-refractivity contribution < 1.29 is 5.11 Å². The molecule has 1 N–H and O–H groups in total. The molecule has 0 amide bonds. The summed E-state index contributed by atoms with van der Waals surface area (Å²) in [6.45, 7) is 0. The number of hydrogen-bond donors (Lipinski definition) is 1. The van der Waals surface area contributed by atoms with Gasteiger partial charge in [0.1, 0.15) is 0 Å². The van der Waals surface area contributed by atoms with Gasteiger partial charge in [0, 0.05) is 0 Å². The Morgan fingerprint density at radius 1 is 1.60 bits per heavy atom. The van der Waals surface area contributed by atoms with E-state index in [-0.39, 0.29) is 13.3 Å². The fourth-order valence-corrected chi connectivity index (χ4v) is 0.866. The minimum atomic E-state index is -0.00463. The monoisotopic (exact) mass is 177 g/mol. The van der Waals surface area contributed by atoms with Gasteiger partial charge in [0.05, 0.1) is 5.38 Å². The molecule has 0 radical (unpaired) electrons. The largest absolute Gasteiger partial charge is 0.493 e. The van der Waals surface area contributed by atoms with E-state index in [9.17, 15) is 0 Å². The molecule has 1 rings (SSSR count). The number of hydrogen-bond acceptors (Lipinski definition) is 3. The molecule has 0 aliphatic carbocycles. The van der Waals surface area contributed by atoms with Crippen molar-refractivity contribution >= 4 is 22.9 Å². The van der Waals surface area contributed by atoms with Crippen LogP contribution >= 0.6 is 22.9 Å². The zero-order chi connectivity index (χ0) is 7.28. The molecule has 0 atom stereocenters. The van der Waals surface area contributed by atoms with Crippen LogP contribution in [0.1, 0.15) is 7.43 Å². The lowest BCUT2D eigenvalue weighted by Gasteiger charge is -1.69. The first-order chi connectivity index (χ1) is 4.29. The third-order valence-corrected chi connectivity index (χ3v) is 1.43. The molecule has 0 spiro atoms. The van der Waals surface area contributed by atoms with Crippen LogP contribution in [0.25, 0.3) is 0 Å². The molecule has 0 saturated heterocycles. The molecule has 0 saturated carbocycles. The fourth-order valence-electron chi connectivity index (χ4n) is 0.244. The Hall–Kier alpha value is -0.720. The van der Waals surface area contributed by atoms with Crippen molar-refractivity contribution in [1.82, 2.24) is 4.98 Å². The zero-order valence-corrected chi connectivity index (χ0v) is 5.99. The first-order valence-electron chi connectivity index (χ1n) is 1.92. The fraction of sp³-hybridized carbons (Fsp3) is 0.167. The van der Waals surface area contributed by atoms with Crippen LogP contribution in [-0.4, -0.2) is 10.1 Å². The van der Waals surface area contributed by atoms with Crippen molar-refractivity contribution in [2.75, 3.05) is 0 Å². The second-order valence-corrected chi connectivity index (χ2v) is 2.40. The summed E-state index contributed by atoms with van der Waals surface area (Å²) in [4.78, 5) is 3.45. The maximum Gasteiger partial charge on any atom is 0.223 e. The summed E-state index contributed by atoms with van der Waals surface area (Å²) in [6.07, 6.45) is 8.00. The van der Waals surface area contributed by atoms with Gasteiger partial charge in [-0.2, -0.15) is 4.98 Å². The topological polar surface area (TPSA) is 33.1 Å². The van der Waals surface area contributed by atoms with Gasteiger partial charge in [-0.1, -0.05) is 19.0 Å². The molecule has 0 unspecified atom stereocenters. The van der Waals surface area contributed by atoms with E-state index in [1.807, 2.05) is 0 Å². The zero-order valence-electron chi connectivity index (χ0n) is 4.41. The molecule has 0 aliphatic heterocycles. The van der Waals surface area contributed by atoms with Gasteiger partial charge in [-0.3, -0.25) is 0 Å². The average Bonchev–Trinajstić information content (AvgIpc) is 2.20. The first kappa shape index (κ1) is 12.0. The Balaban J connectivity index is 0. The highest BCUT2D eigenvalue weighted by Gasteiger charge is 1.91. The normalized spacial score (nSPS) is 6.70. The van der Waals surface area contributed by atoms with Crippen molar-refractivity contribution in [3.8, 4) is 18.7 Å². The highest BCUT2D eigenvalue weighted by molar-refractivity contribution is 7.14. The molecule has 0 aromatic carbocycles. The van der Waals surface area contributed by atoms with Crippen LogP contribution in [0.2, 0.25) is 4.47 Å². The van der Waals surface area contributed by atoms with Crippen LogP contribution < -0.4 is 0 Å². The van der Waals surface area contributed by atoms with Gasteiger partial charge >= 0.3 is 0 Å². The van der Waals surface area contributed by atoms with Crippen molar-refractivity contribution in [3.63, 3.8) is 0 Å². The Morgan fingerprint density at radius 2 is 2.10 bits per heavy atom. The van der Waals surface area contributed by atoms with Crippen molar-refractivity contribution in [2.24, 2.45) is 0 Å². The number of rotatable bonds is 0. The summed E-state index contributed by atoms with van der Waals surface area (Å²) in [7, 11) is 0. The summed E-state index contributed by atoms with van der Waals surface area (Å²) in [5.74, 6) is -0.00463. The van der Waals surface area contributed by atoms with Crippen molar-refractivity contribution in [1.29, 1.82) is 0 Å². The van der Waals surface area contributed by atoms with Gasteiger partial charge in [0.2, 0.25) is 5.88 Å². The minimum absolute atomic E-state index is 0. The Morgan fingerprint density at radius 3 is 2.20 bits per heavy atom. The smallest absolute Gasteiger partial charge is 0.223 e. The number of aromatic hydroxyl groups is 1. The van der Waals surface area contributed by atoms with Crippen molar-refractivity contribution in [2.45, 2.75) is 7.43 Å². The lowest BCUT2D eigenvalue weighted by atomic mass is 10.9. The summed E-state index contributed by atoms with van der Waals surface area (Å²) in [6, 6.07) is 0. The lowest BCUT2D eigenvalue weighted by Crippen LogP contribution is -1.56. The number of nitrogens with zero attached hydrogens (tertiary/aromatic N) is 1. The van der Waals surface area contributed by atoms with E-state index >= 15 is 0 Å². The number of terminal acetylenes is 1. The third kappa shape index (κ3) is 4.19. The standard InChI is InChI=1S/C3H2ClNOS.C2H2.CH4/c4-3-5-2(6)1-7-3;1-2;/h1,6H;1-2H;1H4.